The number of hydrogen-bond donors (Lipinski definition) is 1. The summed E-state index contributed by atoms with van der Waals surface area (Å²) in [6, 6.07) is 9.70. The Bertz CT molecular complexity index is 1570. The number of hydrogen-bond acceptors (Lipinski definition) is 7. The molecule has 0 unspecified atom stereocenters. The number of anilines is 1. The molecule has 0 radical (unpaired) electrons. The summed E-state index contributed by atoms with van der Waals surface area (Å²) in [6.07, 6.45) is 5.79. The molecule has 2 saturated heterocycles. The van der Waals surface area contributed by atoms with Crippen LogP contribution >= 0.6 is 23.2 Å². The number of ether oxygens (including phenoxy) is 1. The Labute approximate surface area is 224 Å². The number of pyridine rings is 2. The van der Waals surface area contributed by atoms with Gasteiger partial charge in [0.05, 0.1) is 21.8 Å². The van der Waals surface area contributed by atoms with Gasteiger partial charge in [-0.05, 0) is 37.3 Å². The van der Waals surface area contributed by atoms with Gasteiger partial charge >= 0.3 is 0 Å². The van der Waals surface area contributed by atoms with Gasteiger partial charge in [-0.25, -0.2) is 17.7 Å². The lowest BCUT2D eigenvalue weighted by atomic mass is 9.74. The van der Waals surface area contributed by atoms with Gasteiger partial charge in [-0.2, -0.15) is 5.10 Å². The van der Waals surface area contributed by atoms with E-state index in [-0.39, 0.29) is 11.5 Å². The topological polar surface area (TPSA) is 104 Å². The summed E-state index contributed by atoms with van der Waals surface area (Å²) in [5.74, 6) is 1.53. The number of benzene rings is 1. The van der Waals surface area contributed by atoms with Gasteiger partial charge < -0.3 is 9.64 Å². The zero-order valence-electron chi connectivity index (χ0n) is 20.1. The normalized spacial score (nSPS) is 18.0. The molecule has 5 heterocycles. The van der Waals surface area contributed by atoms with Crippen LogP contribution in [0.4, 0.5) is 5.82 Å². The van der Waals surface area contributed by atoms with E-state index in [9.17, 15) is 8.42 Å². The molecule has 1 N–H and O–H groups in total. The van der Waals surface area contributed by atoms with Gasteiger partial charge in [0, 0.05) is 66.7 Å². The van der Waals surface area contributed by atoms with Crippen molar-refractivity contribution in [3.05, 3.63) is 64.5 Å². The molecule has 0 aliphatic carbocycles. The van der Waals surface area contributed by atoms with Crippen LogP contribution in [0.1, 0.15) is 18.6 Å². The second kappa shape index (κ2) is 8.83. The predicted octanol–water partition coefficient (Wildman–Crippen LogP) is 4.55. The van der Waals surface area contributed by atoms with E-state index in [0.29, 0.717) is 34.4 Å². The lowest BCUT2D eigenvalue weighted by molar-refractivity contribution is 0.0395. The summed E-state index contributed by atoms with van der Waals surface area (Å²) in [5.41, 5.74) is 3.27. The largest absolute Gasteiger partial charge is 0.486 e. The van der Waals surface area contributed by atoms with Crippen molar-refractivity contribution in [2.45, 2.75) is 13.0 Å². The first-order valence-corrected chi connectivity index (χ1v) is 14.3. The molecular weight excluding hydrogens is 535 g/mol. The van der Waals surface area contributed by atoms with Gasteiger partial charge in [0.15, 0.2) is 0 Å². The SMILES string of the molecule is C[C@@H](Oc1ccc2[nH]nc(-c3ccc(N4CC5(C4)CN(S(C)(=O)=O)C5)nc3)c2c1)c1c(Cl)cncc1Cl. The number of fused-ring (bicyclic) bond motifs is 1. The minimum atomic E-state index is -3.11. The van der Waals surface area contributed by atoms with Gasteiger partial charge in [-0.15, -0.1) is 0 Å². The van der Waals surface area contributed by atoms with E-state index in [1.807, 2.05) is 43.5 Å². The first-order valence-electron chi connectivity index (χ1n) is 11.7. The number of halogens is 2. The number of nitrogens with zero attached hydrogens (tertiary/aromatic N) is 5. The quantitative estimate of drug-likeness (QED) is 0.370. The van der Waals surface area contributed by atoms with Crippen LogP contribution in [-0.4, -0.2) is 65.3 Å². The Morgan fingerprint density at radius 3 is 2.43 bits per heavy atom. The average molecular weight is 559 g/mol. The highest BCUT2D eigenvalue weighted by Crippen LogP contribution is 2.42. The number of aromatic amines is 1. The summed E-state index contributed by atoms with van der Waals surface area (Å²) in [5, 5.41) is 9.39. The fourth-order valence-corrected chi connectivity index (χ4v) is 6.82. The van der Waals surface area contributed by atoms with Gasteiger partial charge in [-0.3, -0.25) is 10.1 Å². The smallest absolute Gasteiger partial charge is 0.211 e. The van der Waals surface area contributed by atoms with E-state index in [0.717, 1.165) is 41.1 Å². The third-order valence-corrected chi connectivity index (χ3v) is 8.83. The fourth-order valence-electron chi connectivity index (χ4n) is 5.13. The van der Waals surface area contributed by atoms with E-state index in [1.54, 1.807) is 12.4 Å². The summed E-state index contributed by atoms with van der Waals surface area (Å²) in [6.45, 7) is 4.67. The van der Waals surface area contributed by atoms with Crippen molar-refractivity contribution in [1.29, 1.82) is 0 Å². The van der Waals surface area contributed by atoms with Gasteiger partial charge in [0.1, 0.15) is 23.4 Å². The molecule has 1 atom stereocenters. The lowest BCUT2D eigenvalue weighted by Crippen LogP contribution is -2.73. The van der Waals surface area contributed by atoms with E-state index >= 15 is 0 Å². The molecule has 2 aliphatic heterocycles. The van der Waals surface area contributed by atoms with Crippen LogP contribution in [0.5, 0.6) is 5.75 Å². The maximum atomic E-state index is 11.7. The van der Waals surface area contributed by atoms with E-state index in [4.69, 9.17) is 27.9 Å². The maximum Gasteiger partial charge on any atom is 0.211 e. The molecule has 2 aliphatic rings. The average Bonchev–Trinajstić information content (AvgIpc) is 3.20. The highest BCUT2D eigenvalue weighted by Gasteiger charge is 2.54. The highest BCUT2D eigenvalue weighted by molar-refractivity contribution is 7.88. The first kappa shape index (κ1) is 24.4. The second-order valence-electron chi connectivity index (χ2n) is 9.85. The molecule has 1 aromatic carbocycles. The van der Waals surface area contributed by atoms with Gasteiger partial charge in [0.25, 0.3) is 0 Å². The number of rotatable bonds is 6. The monoisotopic (exact) mass is 558 g/mol. The Morgan fingerprint density at radius 1 is 1.05 bits per heavy atom. The van der Waals surface area contributed by atoms with E-state index in [1.165, 1.54) is 10.6 Å². The minimum absolute atomic E-state index is 0.0556. The van der Waals surface area contributed by atoms with Crippen molar-refractivity contribution in [1.82, 2.24) is 24.5 Å². The molecule has 192 valence electrons. The van der Waals surface area contributed by atoms with Crippen LogP contribution in [0.2, 0.25) is 10.0 Å². The maximum absolute atomic E-state index is 11.7. The van der Waals surface area contributed by atoms with Crippen LogP contribution in [-0.2, 0) is 10.0 Å². The van der Waals surface area contributed by atoms with E-state index < -0.39 is 10.0 Å². The molecule has 4 aromatic rings. The lowest BCUT2D eigenvalue weighted by Gasteiger charge is -2.59. The van der Waals surface area contributed by atoms with Crippen LogP contribution in [0.15, 0.2) is 48.9 Å². The predicted molar refractivity (Wildman–Crippen MR) is 144 cm³/mol. The summed E-state index contributed by atoms with van der Waals surface area (Å²) in [4.78, 5) is 10.8. The standard InChI is InChI=1S/C25H24Cl2N6O3S/c1-15(23-19(26)9-28-10-20(23)27)36-17-4-5-21-18(7-17)24(31-30-21)16-3-6-22(29-8-16)32-11-25(12-32)13-33(14-25)37(2,34)35/h3-10,15H,11-14H2,1-2H3,(H,30,31)/t15-/m1/s1. The molecule has 3 aromatic heterocycles. The summed E-state index contributed by atoms with van der Waals surface area (Å²) in [7, 11) is -3.11. The fraction of sp³-hybridized carbons (Fsp3) is 0.320. The van der Waals surface area contributed by atoms with Crippen molar-refractivity contribution in [2.24, 2.45) is 5.41 Å². The van der Waals surface area contributed by atoms with Crippen molar-refractivity contribution < 1.29 is 13.2 Å². The second-order valence-corrected chi connectivity index (χ2v) is 12.6. The van der Waals surface area contributed by atoms with Crippen molar-refractivity contribution in [3.8, 4) is 17.0 Å². The number of H-pyrrole nitrogens is 1. The molecule has 0 saturated carbocycles. The molecule has 9 nitrogen and oxygen atoms in total. The van der Waals surface area contributed by atoms with Crippen LogP contribution in [0.3, 0.4) is 0 Å². The Hall–Kier alpha value is -2.92. The molecule has 2 fully saturated rings. The van der Waals surface area contributed by atoms with E-state index in [2.05, 4.69) is 25.1 Å². The Balaban J connectivity index is 1.18. The van der Waals surface area contributed by atoms with Crippen LogP contribution < -0.4 is 9.64 Å². The van der Waals surface area contributed by atoms with Crippen LogP contribution in [0.25, 0.3) is 22.2 Å². The molecule has 6 rings (SSSR count). The molecule has 1 spiro atoms. The molecule has 0 amide bonds. The summed E-state index contributed by atoms with van der Waals surface area (Å²) >= 11 is 12.6. The minimum Gasteiger partial charge on any atom is -0.486 e. The highest BCUT2D eigenvalue weighted by atomic mass is 35.5. The Kier molecular flexibility index (Phi) is 5.83. The third kappa shape index (κ3) is 4.41. The number of aromatic nitrogens is 4. The van der Waals surface area contributed by atoms with Crippen molar-refractivity contribution in [2.75, 3.05) is 37.3 Å². The third-order valence-electron chi connectivity index (χ3n) is 7.03. The number of sulfonamides is 1. The molecular formula is C25H24Cl2N6O3S. The first-order chi connectivity index (χ1) is 17.6. The van der Waals surface area contributed by atoms with Crippen molar-refractivity contribution in [3.63, 3.8) is 0 Å². The zero-order valence-corrected chi connectivity index (χ0v) is 22.5. The van der Waals surface area contributed by atoms with Crippen molar-refractivity contribution >= 4 is 49.9 Å². The zero-order chi connectivity index (χ0) is 25.9. The Morgan fingerprint density at radius 2 is 1.78 bits per heavy atom. The van der Waals surface area contributed by atoms with Gasteiger partial charge in [0.2, 0.25) is 10.0 Å². The molecule has 12 heteroatoms. The number of nitrogens with one attached hydrogen (secondary N) is 1. The molecule has 37 heavy (non-hydrogen) atoms. The van der Waals surface area contributed by atoms with Crippen LogP contribution in [0, 0.1) is 5.41 Å². The molecule has 0 bridgehead atoms. The van der Waals surface area contributed by atoms with Gasteiger partial charge in [-0.1, -0.05) is 23.2 Å². The summed E-state index contributed by atoms with van der Waals surface area (Å²) < 4.78 is 31.0.